The van der Waals surface area contributed by atoms with Crippen LogP contribution in [0.5, 0.6) is 0 Å². The fourth-order valence-corrected chi connectivity index (χ4v) is 4.36. The largest absolute Gasteiger partial charge is 0.342 e. The van der Waals surface area contributed by atoms with E-state index in [1.165, 1.54) is 6.33 Å². The Balaban J connectivity index is 1.60. The van der Waals surface area contributed by atoms with E-state index >= 15 is 0 Å². The molecule has 0 radical (unpaired) electrons. The van der Waals surface area contributed by atoms with Gasteiger partial charge >= 0.3 is 0 Å². The molecule has 1 aliphatic rings. The van der Waals surface area contributed by atoms with Crippen LogP contribution >= 0.6 is 0 Å². The summed E-state index contributed by atoms with van der Waals surface area (Å²) in [5.74, 6) is -0.0884. The van der Waals surface area contributed by atoms with Gasteiger partial charge in [0, 0.05) is 37.3 Å². The van der Waals surface area contributed by atoms with Crippen molar-refractivity contribution in [1.82, 2.24) is 14.9 Å². The van der Waals surface area contributed by atoms with Crippen molar-refractivity contribution in [3.63, 3.8) is 0 Å². The van der Waals surface area contributed by atoms with Crippen molar-refractivity contribution in [3.8, 4) is 0 Å². The summed E-state index contributed by atoms with van der Waals surface area (Å²) in [4.78, 5) is 22.7. The zero-order valence-corrected chi connectivity index (χ0v) is 14.7. The number of hydrogen-bond donors (Lipinski definition) is 0. The van der Waals surface area contributed by atoms with Gasteiger partial charge in [-0.15, -0.1) is 0 Å². The summed E-state index contributed by atoms with van der Waals surface area (Å²) in [6.45, 7) is 1.26. The van der Waals surface area contributed by atoms with E-state index in [0.717, 1.165) is 18.5 Å². The number of sulfone groups is 1. The Morgan fingerprint density at radius 1 is 1.20 bits per heavy atom. The standard InChI is InChI=1S/C18H21N3O3S/c22-18(9-12-25(23,24)16-6-2-1-3-7-16)21-11-4-5-15(13-21)17-8-10-19-14-20-17/h1-3,6-8,10,14-15H,4-5,9,11-13H2/t15-/m1/s1. The van der Waals surface area contributed by atoms with Crippen LogP contribution in [0, 0.1) is 0 Å². The minimum atomic E-state index is -3.43. The quantitative estimate of drug-likeness (QED) is 0.816. The van der Waals surface area contributed by atoms with Crippen molar-refractivity contribution in [2.24, 2.45) is 0 Å². The lowest BCUT2D eigenvalue weighted by Gasteiger charge is -2.32. The van der Waals surface area contributed by atoms with Gasteiger partial charge in [-0.05, 0) is 31.0 Å². The predicted molar refractivity (Wildman–Crippen MR) is 93.7 cm³/mol. The topological polar surface area (TPSA) is 80.2 Å². The van der Waals surface area contributed by atoms with Gasteiger partial charge in [0.2, 0.25) is 5.91 Å². The molecule has 0 unspecified atom stereocenters. The third-order valence-electron chi connectivity index (χ3n) is 4.48. The van der Waals surface area contributed by atoms with Gasteiger partial charge in [-0.3, -0.25) is 4.79 Å². The maximum atomic E-state index is 12.5. The summed E-state index contributed by atoms with van der Waals surface area (Å²) in [6.07, 6.45) is 5.10. The summed E-state index contributed by atoms with van der Waals surface area (Å²) in [7, 11) is -3.43. The van der Waals surface area contributed by atoms with Gasteiger partial charge in [0.05, 0.1) is 10.6 Å². The average molecular weight is 359 g/mol. The maximum Gasteiger partial charge on any atom is 0.223 e. The Morgan fingerprint density at radius 3 is 2.72 bits per heavy atom. The Kier molecular flexibility index (Phi) is 5.43. The normalized spacial score (nSPS) is 18.1. The molecule has 1 aromatic carbocycles. The fraction of sp³-hybridized carbons (Fsp3) is 0.389. The Bertz CT molecular complexity index is 810. The van der Waals surface area contributed by atoms with Gasteiger partial charge in [-0.25, -0.2) is 18.4 Å². The Hall–Kier alpha value is -2.28. The monoisotopic (exact) mass is 359 g/mol. The fourth-order valence-electron chi connectivity index (χ4n) is 3.11. The highest BCUT2D eigenvalue weighted by Crippen LogP contribution is 2.25. The first-order valence-corrected chi connectivity index (χ1v) is 10.0. The summed E-state index contributed by atoms with van der Waals surface area (Å²) in [5.41, 5.74) is 0.935. The molecule has 132 valence electrons. The second-order valence-corrected chi connectivity index (χ2v) is 8.30. The summed E-state index contributed by atoms with van der Waals surface area (Å²) in [6, 6.07) is 10.1. The third-order valence-corrected chi connectivity index (χ3v) is 6.22. The van der Waals surface area contributed by atoms with E-state index < -0.39 is 9.84 Å². The van der Waals surface area contributed by atoms with Crippen molar-refractivity contribution in [2.45, 2.75) is 30.1 Å². The van der Waals surface area contributed by atoms with Crippen LogP contribution < -0.4 is 0 Å². The number of piperidine rings is 1. The maximum absolute atomic E-state index is 12.5. The van der Waals surface area contributed by atoms with Crippen molar-refractivity contribution in [2.75, 3.05) is 18.8 Å². The minimum Gasteiger partial charge on any atom is -0.342 e. The molecular formula is C18H21N3O3S. The first kappa shape index (κ1) is 17.5. The molecule has 7 heteroatoms. The van der Waals surface area contributed by atoms with Crippen LogP contribution in [0.15, 0.2) is 53.8 Å². The molecule has 2 heterocycles. The molecule has 1 aliphatic heterocycles. The van der Waals surface area contributed by atoms with Gasteiger partial charge in [-0.1, -0.05) is 18.2 Å². The Morgan fingerprint density at radius 2 is 2.00 bits per heavy atom. The number of aromatic nitrogens is 2. The highest BCUT2D eigenvalue weighted by molar-refractivity contribution is 7.91. The molecule has 1 atom stereocenters. The zero-order valence-electron chi connectivity index (χ0n) is 13.9. The van der Waals surface area contributed by atoms with E-state index in [4.69, 9.17) is 0 Å². The molecule has 0 N–H and O–H groups in total. The molecule has 1 fully saturated rings. The molecular weight excluding hydrogens is 338 g/mol. The van der Waals surface area contributed by atoms with Gasteiger partial charge in [0.1, 0.15) is 6.33 Å². The number of carbonyl (C=O) groups excluding carboxylic acids is 1. The van der Waals surface area contributed by atoms with Crippen molar-refractivity contribution in [3.05, 3.63) is 54.6 Å². The average Bonchev–Trinajstić information content (AvgIpc) is 2.68. The number of hydrogen-bond acceptors (Lipinski definition) is 5. The second kappa shape index (κ2) is 7.74. The lowest BCUT2D eigenvalue weighted by molar-refractivity contribution is -0.132. The van der Waals surface area contributed by atoms with Gasteiger partial charge in [0.25, 0.3) is 0 Å². The van der Waals surface area contributed by atoms with Crippen LogP contribution in [0.2, 0.25) is 0 Å². The highest BCUT2D eigenvalue weighted by Gasteiger charge is 2.26. The smallest absolute Gasteiger partial charge is 0.223 e. The molecule has 25 heavy (non-hydrogen) atoms. The number of carbonyl (C=O) groups is 1. The number of amides is 1. The van der Waals surface area contributed by atoms with Crippen molar-refractivity contribution in [1.29, 1.82) is 0 Å². The predicted octanol–water partition coefficient (Wildman–Crippen LogP) is 2.05. The number of rotatable bonds is 5. The van der Waals surface area contributed by atoms with Gasteiger partial charge in [-0.2, -0.15) is 0 Å². The van der Waals surface area contributed by atoms with Crippen LogP contribution in [-0.4, -0.2) is 48.0 Å². The van der Waals surface area contributed by atoms with E-state index in [2.05, 4.69) is 9.97 Å². The first-order valence-electron chi connectivity index (χ1n) is 8.38. The van der Waals surface area contributed by atoms with Crippen molar-refractivity contribution >= 4 is 15.7 Å². The molecule has 0 aliphatic carbocycles. The molecule has 6 nitrogen and oxygen atoms in total. The van der Waals surface area contributed by atoms with Crippen LogP contribution in [-0.2, 0) is 14.6 Å². The molecule has 1 saturated heterocycles. The number of nitrogens with zero attached hydrogens (tertiary/aromatic N) is 3. The SMILES string of the molecule is O=C(CCS(=O)(=O)c1ccccc1)N1CCC[C@@H](c2ccncn2)C1. The van der Waals surface area contributed by atoms with E-state index in [1.807, 2.05) is 6.07 Å². The van der Waals surface area contributed by atoms with E-state index in [1.54, 1.807) is 41.4 Å². The van der Waals surface area contributed by atoms with E-state index in [-0.39, 0.29) is 28.9 Å². The van der Waals surface area contributed by atoms with Crippen LogP contribution in [0.3, 0.4) is 0 Å². The third kappa shape index (κ3) is 4.42. The van der Waals surface area contributed by atoms with Crippen LogP contribution in [0.1, 0.15) is 30.9 Å². The Labute approximate surface area is 147 Å². The van der Waals surface area contributed by atoms with E-state index in [9.17, 15) is 13.2 Å². The molecule has 0 bridgehead atoms. The minimum absolute atomic E-state index is 0.00766. The van der Waals surface area contributed by atoms with Crippen LogP contribution in [0.4, 0.5) is 0 Å². The molecule has 3 rings (SSSR count). The highest BCUT2D eigenvalue weighted by atomic mass is 32.2. The van der Waals surface area contributed by atoms with E-state index in [0.29, 0.717) is 13.1 Å². The summed E-state index contributed by atoms with van der Waals surface area (Å²) >= 11 is 0. The van der Waals surface area contributed by atoms with Crippen LogP contribution in [0.25, 0.3) is 0 Å². The molecule has 2 aromatic rings. The lowest BCUT2D eigenvalue weighted by Crippen LogP contribution is -2.39. The van der Waals surface area contributed by atoms with Gasteiger partial charge < -0.3 is 4.90 Å². The van der Waals surface area contributed by atoms with Gasteiger partial charge in [0.15, 0.2) is 9.84 Å². The molecule has 0 saturated carbocycles. The zero-order chi connectivity index (χ0) is 17.7. The lowest BCUT2D eigenvalue weighted by atomic mass is 9.94. The number of benzene rings is 1. The molecule has 0 spiro atoms. The first-order chi connectivity index (χ1) is 12.1. The number of likely N-dealkylation sites (tertiary alicyclic amines) is 1. The summed E-state index contributed by atoms with van der Waals surface area (Å²) < 4.78 is 24.6. The molecule has 1 amide bonds. The van der Waals surface area contributed by atoms with Crippen molar-refractivity contribution < 1.29 is 13.2 Å². The summed E-state index contributed by atoms with van der Waals surface area (Å²) in [5, 5.41) is 0. The molecule has 1 aromatic heterocycles. The second-order valence-electron chi connectivity index (χ2n) is 6.20.